The zero-order chi connectivity index (χ0) is 12.3. The highest BCUT2D eigenvalue weighted by Crippen LogP contribution is 2.15. The Kier molecular flexibility index (Phi) is 3.26. The Morgan fingerprint density at radius 3 is 2.56 bits per heavy atom. The third-order valence-electron chi connectivity index (χ3n) is 1.68. The highest BCUT2D eigenvalue weighted by molar-refractivity contribution is 5.84. The summed E-state index contributed by atoms with van der Waals surface area (Å²) in [5, 5.41) is 15.8. The molecule has 7 nitrogen and oxygen atoms in total. The second-order valence-electron chi connectivity index (χ2n) is 4.22. The summed E-state index contributed by atoms with van der Waals surface area (Å²) < 4.78 is 4.89. The lowest BCUT2D eigenvalue weighted by Crippen LogP contribution is -2.24. The van der Waals surface area contributed by atoms with Gasteiger partial charge in [-0.3, -0.25) is 4.79 Å². The summed E-state index contributed by atoms with van der Waals surface area (Å²) in [5.41, 5.74) is -0.796. The average molecular weight is 227 g/mol. The van der Waals surface area contributed by atoms with E-state index in [1.165, 1.54) is 0 Å². The lowest BCUT2D eigenvalue weighted by molar-refractivity contribution is -0.157. The van der Waals surface area contributed by atoms with Gasteiger partial charge in [-0.2, -0.15) is 5.10 Å². The van der Waals surface area contributed by atoms with E-state index in [0.717, 1.165) is 11.0 Å². The number of carbonyl (C=O) groups is 2. The summed E-state index contributed by atoms with van der Waals surface area (Å²) in [5.74, 6) is -1.57. The van der Waals surface area contributed by atoms with Crippen molar-refractivity contribution in [2.24, 2.45) is 5.41 Å². The van der Waals surface area contributed by atoms with Gasteiger partial charge in [-0.1, -0.05) is 0 Å². The fourth-order valence-corrected chi connectivity index (χ4v) is 0.790. The molecule has 0 saturated heterocycles. The Bertz CT molecular complexity index is 405. The van der Waals surface area contributed by atoms with E-state index in [-0.39, 0.29) is 12.4 Å². The molecule has 16 heavy (non-hydrogen) atoms. The van der Waals surface area contributed by atoms with Gasteiger partial charge in [0.1, 0.15) is 0 Å². The molecule has 7 heteroatoms. The number of carboxylic acid groups (broad SMARTS) is 1. The van der Waals surface area contributed by atoms with Crippen LogP contribution in [0.1, 0.15) is 31.3 Å². The monoisotopic (exact) mass is 227 g/mol. The predicted octanol–water partition coefficient (Wildman–Crippen LogP) is 0.523. The minimum absolute atomic E-state index is 0.188. The minimum Gasteiger partial charge on any atom is -0.476 e. The van der Waals surface area contributed by atoms with Crippen molar-refractivity contribution in [3.63, 3.8) is 0 Å². The van der Waals surface area contributed by atoms with Crippen LogP contribution in [0.25, 0.3) is 0 Å². The van der Waals surface area contributed by atoms with Crippen LogP contribution in [0.4, 0.5) is 0 Å². The van der Waals surface area contributed by atoms with Crippen molar-refractivity contribution >= 4 is 11.9 Å². The Balaban J connectivity index is 2.55. The third kappa shape index (κ3) is 3.04. The van der Waals surface area contributed by atoms with Crippen LogP contribution in [-0.4, -0.2) is 32.0 Å². The summed E-state index contributed by atoms with van der Waals surface area (Å²) in [6.45, 7) is 4.96. The van der Waals surface area contributed by atoms with Gasteiger partial charge in [0.2, 0.25) is 6.73 Å². The highest BCUT2D eigenvalue weighted by Gasteiger charge is 2.23. The van der Waals surface area contributed by atoms with E-state index in [2.05, 4.69) is 10.2 Å². The number of aromatic nitrogens is 3. The number of hydrogen-bond donors (Lipinski definition) is 1. The second kappa shape index (κ2) is 4.30. The Morgan fingerprint density at radius 2 is 2.12 bits per heavy atom. The zero-order valence-electron chi connectivity index (χ0n) is 9.30. The fraction of sp³-hybridized carbons (Fsp3) is 0.556. The first-order chi connectivity index (χ1) is 7.30. The number of nitrogens with zero attached hydrogens (tertiary/aromatic N) is 3. The molecule has 0 spiro atoms. The molecule has 1 N–H and O–H groups in total. The van der Waals surface area contributed by atoms with E-state index in [1.54, 1.807) is 20.8 Å². The summed E-state index contributed by atoms with van der Waals surface area (Å²) in [6.07, 6.45) is 1.09. The van der Waals surface area contributed by atoms with Crippen LogP contribution in [0.15, 0.2) is 6.20 Å². The van der Waals surface area contributed by atoms with Crippen molar-refractivity contribution in [2.45, 2.75) is 27.5 Å². The molecule has 1 heterocycles. The Hall–Kier alpha value is -1.92. The average Bonchev–Trinajstić information content (AvgIpc) is 2.60. The molecule has 0 bridgehead atoms. The molecule has 0 aliphatic heterocycles. The normalized spacial score (nSPS) is 11.2. The molecule has 0 aromatic carbocycles. The van der Waals surface area contributed by atoms with Crippen LogP contribution in [0.3, 0.4) is 0 Å². The number of esters is 1. The summed E-state index contributed by atoms with van der Waals surface area (Å²) >= 11 is 0. The lowest BCUT2D eigenvalue weighted by atomic mass is 9.98. The molecule has 1 aromatic rings. The van der Waals surface area contributed by atoms with Crippen molar-refractivity contribution in [3.8, 4) is 0 Å². The molecule has 1 aromatic heterocycles. The SMILES string of the molecule is CC(C)(C)C(=O)OCn1ncc(C(=O)O)n1. The molecule has 0 fully saturated rings. The number of carbonyl (C=O) groups excluding carboxylic acids is 1. The smallest absolute Gasteiger partial charge is 0.358 e. The molecule has 0 unspecified atom stereocenters. The number of hydrogen-bond acceptors (Lipinski definition) is 5. The largest absolute Gasteiger partial charge is 0.476 e. The molecule has 0 atom stereocenters. The Labute approximate surface area is 92.0 Å². The summed E-state index contributed by atoms with van der Waals surface area (Å²) in [7, 11) is 0. The number of aromatic carboxylic acids is 1. The van der Waals surface area contributed by atoms with Gasteiger partial charge in [0.05, 0.1) is 11.6 Å². The highest BCUT2D eigenvalue weighted by atomic mass is 16.5. The van der Waals surface area contributed by atoms with Gasteiger partial charge in [-0.15, -0.1) is 9.90 Å². The molecular weight excluding hydrogens is 214 g/mol. The first-order valence-electron chi connectivity index (χ1n) is 4.61. The van der Waals surface area contributed by atoms with Crippen LogP contribution < -0.4 is 0 Å². The predicted molar refractivity (Wildman–Crippen MR) is 52.5 cm³/mol. The van der Waals surface area contributed by atoms with Crippen molar-refractivity contribution < 1.29 is 19.4 Å². The van der Waals surface area contributed by atoms with Crippen molar-refractivity contribution in [2.75, 3.05) is 0 Å². The maximum atomic E-state index is 11.4. The maximum absolute atomic E-state index is 11.4. The van der Waals surface area contributed by atoms with E-state index < -0.39 is 17.4 Å². The number of rotatable bonds is 3. The van der Waals surface area contributed by atoms with Gasteiger partial charge in [0.15, 0.2) is 5.69 Å². The van der Waals surface area contributed by atoms with Gasteiger partial charge in [0, 0.05) is 0 Å². The molecule has 1 rings (SSSR count). The van der Waals surface area contributed by atoms with Gasteiger partial charge < -0.3 is 9.84 Å². The van der Waals surface area contributed by atoms with Gasteiger partial charge in [0.25, 0.3) is 0 Å². The maximum Gasteiger partial charge on any atom is 0.358 e. The van der Waals surface area contributed by atoms with Crippen LogP contribution in [0.5, 0.6) is 0 Å². The van der Waals surface area contributed by atoms with Gasteiger partial charge in [-0.05, 0) is 20.8 Å². The first kappa shape index (κ1) is 12.2. The molecule has 0 saturated carbocycles. The molecule has 0 aliphatic rings. The molecular formula is C9H13N3O4. The number of ether oxygens (including phenoxy) is 1. The van der Waals surface area contributed by atoms with Crippen molar-refractivity contribution in [3.05, 3.63) is 11.9 Å². The fourth-order valence-electron chi connectivity index (χ4n) is 0.790. The Morgan fingerprint density at radius 1 is 1.50 bits per heavy atom. The van der Waals surface area contributed by atoms with Crippen LogP contribution in [0, 0.1) is 5.41 Å². The van der Waals surface area contributed by atoms with E-state index in [9.17, 15) is 9.59 Å². The number of carboxylic acids is 1. The van der Waals surface area contributed by atoms with Gasteiger partial charge >= 0.3 is 11.9 Å². The van der Waals surface area contributed by atoms with Crippen LogP contribution >= 0.6 is 0 Å². The zero-order valence-corrected chi connectivity index (χ0v) is 9.30. The first-order valence-corrected chi connectivity index (χ1v) is 4.61. The topological polar surface area (TPSA) is 94.3 Å². The van der Waals surface area contributed by atoms with E-state index in [0.29, 0.717) is 0 Å². The van der Waals surface area contributed by atoms with Gasteiger partial charge in [-0.25, -0.2) is 4.79 Å². The van der Waals surface area contributed by atoms with E-state index >= 15 is 0 Å². The van der Waals surface area contributed by atoms with Crippen LogP contribution in [0.2, 0.25) is 0 Å². The quantitative estimate of drug-likeness (QED) is 0.756. The van der Waals surface area contributed by atoms with Crippen molar-refractivity contribution in [1.29, 1.82) is 0 Å². The summed E-state index contributed by atoms with van der Waals surface area (Å²) in [4.78, 5) is 22.9. The molecule has 88 valence electrons. The van der Waals surface area contributed by atoms with Crippen molar-refractivity contribution in [1.82, 2.24) is 15.0 Å². The molecule has 0 amide bonds. The molecule has 0 aliphatic carbocycles. The van der Waals surface area contributed by atoms with E-state index in [1.807, 2.05) is 0 Å². The van der Waals surface area contributed by atoms with E-state index in [4.69, 9.17) is 9.84 Å². The molecule has 0 radical (unpaired) electrons. The minimum atomic E-state index is -1.17. The third-order valence-corrected chi connectivity index (χ3v) is 1.68. The van der Waals surface area contributed by atoms with Crippen LogP contribution in [-0.2, 0) is 16.3 Å². The second-order valence-corrected chi connectivity index (χ2v) is 4.22. The summed E-state index contributed by atoms with van der Waals surface area (Å²) in [6, 6.07) is 0. The standard InChI is InChI=1S/C9H13N3O4/c1-9(2,3)8(15)16-5-12-10-4-6(11-12)7(13)14/h4H,5H2,1-3H3,(H,13,14). The lowest BCUT2D eigenvalue weighted by Gasteiger charge is -2.15.